The van der Waals surface area contributed by atoms with E-state index in [1.165, 1.54) is 0 Å². The minimum Gasteiger partial charge on any atom is -0.310 e. The Kier molecular flexibility index (Phi) is 4.93. The van der Waals surface area contributed by atoms with Crippen LogP contribution in [0, 0.1) is 6.92 Å². The van der Waals surface area contributed by atoms with Crippen LogP contribution in [0.5, 0.6) is 0 Å². The number of hydrogen-bond donors (Lipinski definition) is 1. The molecule has 0 aliphatic carbocycles. The number of hydrogen-bond acceptors (Lipinski definition) is 3. The van der Waals surface area contributed by atoms with Crippen molar-refractivity contribution < 1.29 is 4.79 Å². The van der Waals surface area contributed by atoms with E-state index in [1.807, 2.05) is 6.92 Å². The second kappa shape index (κ2) is 6.71. The van der Waals surface area contributed by atoms with Gasteiger partial charge in [-0.3, -0.25) is 9.59 Å². The Labute approximate surface area is 133 Å². The number of rotatable bonds is 5. The summed E-state index contributed by atoms with van der Waals surface area (Å²) >= 11 is 5.80. The molecule has 22 heavy (non-hydrogen) atoms. The Hall–Kier alpha value is -2.20. The topological polar surface area (TPSA) is 62.8 Å². The number of nitrogens with one attached hydrogen (secondary N) is 1. The van der Waals surface area contributed by atoms with Gasteiger partial charge in [0.05, 0.1) is 6.42 Å². The van der Waals surface area contributed by atoms with Crippen molar-refractivity contribution in [3.63, 3.8) is 0 Å². The molecule has 114 valence electrons. The maximum atomic E-state index is 12.2. The molecule has 1 aromatic heterocycles. The summed E-state index contributed by atoms with van der Waals surface area (Å²) < 4.78 is 0. The molecule has 5 heteroatoms. The number of benzene rings is 1. The molecule has 0 spiro atoms. The van der Waals surface area contributed by atoms with Gasteiger partial charge in [-0.05, 0) is 38.1 Å². The molecular formula is C17H17ClN2O2. The maximum absolute atomic E-state index is 12.2. The second-order valence-electron chi connectivity index (χ2n) is 5.32. The van der Waals surface area contributed by atoms with E-state index in [-0.39, 0.29) is 17.8 Å². The summed E-state index contributed by atoms with van der Waals surface area (Å²) in [6.07, 6.45) is 0.532. The van der Waals surface area contributed by atoms with Gasteiger partial charge in [0.15, 0.2) is 5.78 Å². The highest BCUT2D eigenvalue weighted by molar-refractivity contribution is 6.30. The fourth-order valence-electron chi connectivity index (χ4n) is 2.15. The zero-order chi connectivity index (χ0) is 16.3. The monoisotopic (exact) mass is 316 g/mol. The number of carbonyl (C=O) groups is 1. The first kappa shape index (κ1) is 16.2. The van der Waals surface area contributed by atoms with Crippen LogP contribution in [0.4, 0.5) is 0 Å². The highest BCUT2D eigenvalue weighted by atomic mass is 35.5. The highest BCUT2D eigenvalue weighted by Crippen LogP contribution is 2.12. The predicted octanol–water partition coefficient (Wildman–Crippen LogP) is 3.28. The highest BCUT2D eigenvalue weighted by Gasteiger charge is 2.12. The quantitative estimate of drug-likeness (QED) is 0.680. The molecular weight excluding hydrogens is 300 g/mol. The molecule has 1 aromatic carbocycles. The molecule has 2 rings (SSSR count). The molecule has 0 radical (unpaired) electrons. The molecule has 0 unspecified atom stereocenters. The molecule has 0 saturated heterocycles. The van der Waals surface area contributed by atoms with E-state index < -0.39 is 0 Å². The van der Waals surface area contributed by atoms with Gasteiger partial charge in [-0.25, -0.2) is 4.98 Å². The number of Topliss-reactive ketones (excluding diaryl/α,β-unsaturated/α-hetero) is 1. The molecule has 0 fully saturated rings. The van der Waals surface area contributed by atoms with Crippen LogP contribution in [0.3, 0.4) is 0 Å². The normalized spacial score (nSPS) is 10.5. The van der Waals surface area contributed by atoms with Gasteiger partial charge in [-0.15, -0.1) is 0 Å². The van der Waals surface area contributed by atoms with Crippen molar-refractivity contribution in [2.75, 3.05) is 0 Å². The first-order valence-electron chi connectivity index (χ1n) is 6.88. The molecule has 4 nitrogen and oxygen atoms in total. The number of ketones is 1. The van der Waals surface area contributed by atoms with Gasteiger partial charge < -0.3 is 4.98 Å². The van der Waals surface area contributed by atoms with Crippen molar-refractivity contribution in [3.8, 4) is 0 Å². The van der Waals surface area contributed by atoms with E-state index in [1.54, 1.807) is 31.2 Å². The summed E-state index contributed by atoms with van der Waals surface area (Å²) in [5.41, 5.74) is 2.44. The third-order valence-corrected chi connectivity index (χ3v) is 3.50. The summed E-state index contributed by atoms with van der Waals surface area (Å²) in [5, 5.41) is 0.572. The van der Waals surface area contributed by atoms with Crippen molar-refractivity contribution >= 4 is 17.4 Å². The number of halogens is 1. The first-order valence-corrected chi connectivity index (χ1v) is 7.26. The van der Waals surface area contributed by atoms with Crippen LogP contribution < -0.4 is 5.56 Å². The molecule has 0 amide bonds. The number of carbonyl (C=O) groups excluding carboxylic acids is 1. The molecule has 0 saturated carbocycles. The molecule has 0 bridgehead atoms. The molecule has 0 atom stereocenters. The average molecular weight is 317 g/mol. The number of aromatic amines is 1. The largest absolute Gasteiger partial charge is 0.310 e. The zero-order valence-corrected chi connectivity index (χ0v) is 13.3. The van der Waals surface area contributed by atoms with Gasteiger partial charge in [0.2, 0.25) is 0 Å². The van der Waals surface area contributed by atoms with Crippen LogP contribution in [-0.4, -0.2) is 15.8 Å². The summed E-state index contributed by atoms with van der Waals surface area (Å²) in [7, 11) is 0. The van der Waals surface area contributed by atoms with Gasteiger partial charge in [0.25, 0.3) is 5.56 Å². The molecule has 2 aromatic rings. The summed E-state index contributed by atoms with van der Waals surface area (Å²) in [6.45, 7) is 7.43. The van der Waals surface area contributed by atoms with Crippen molar-refractivity contribution in [1.29, 1.82) is 0 Å². The Morgan fingerprint density at radius 1 is 1.27 bits per heavy atom. The summed E-state index contributed by atoms with van der Waals surface area (Å²) in [6, 6.07) is 6.63. The van der Waals surface area contributed by atoms with Gasteiger partial charge in [-0.1, -0.05) is 23.8 Å². The average Bonchev–Trinajstić information content (AvgIpc) is 2.43. The fraction of sp³-hybridized carbons (Fsp3) is 0.235. The van der Waals surface area contributed by atoms with Crippen molar-refractivity contribution in [2.45, 2.75) is 26.7 Å². The van der Waals surface area contributed by atoms with Crippen LogP contribution in [0.2, 0.25) is 5.02 Å². The lowest BCUT2D eigenvalue weighted by Crippen LogP contribution is -2.21. The molecule has 0 aliphatic rings. The van der Waals surface area contributed by atoms with E-state index in [2.05, 4.69) is 16.5 Å². The van der Waals surface area contributed by atoms with Crippen molar-refractivity contribution in [1.82, 2.24) is 9.97 Å². The first-order chi connectivity index (χ1) is 10.4. The molecule has 1 N–H and O–H groups in total. The van der Waals surface area contributed by atoms with Crippen LogP contribution >= 0.6 is 11.6 Å². The van der Waals surface area contributed by atoms with E-state index in [4.69, 9.17) is 11.6 Å². The lowest BCUT2D eigenvalue weighted by atomic mass is 10.1. The number of H-pyrrole nitrogens is 1. The lowest BCUT2D eigenvalue weighted by molar-refractivity contribution is 0.0990. The van der Waals surface area contributed by atoms with Crippen molar-refractivity contribution in [2.24, 2.45) is 0 Å². The number of aryl methyl sites for hydroxylation is 1. The minimum absolute atomic E-state index is 0.0467. The van der Waals surface area contributed by atoms with Crippen LogP contribution in [0.25, 0.3) is 0 Å². The van der Waals surface area contributed by atoms with E-state index >= 15 is 0 Å². The van der Waals surface area contributed by atoms with Crippen LogP contribution in [0.15, 0.2) is 41.2 Å². The Balaban J connectivity index is 2.23. The number of nitrogens with zero attached hydrogens (tertiary/aromatic N) is 1. The van der Waals surface area contributed by atoms with Gasteiger partial charge in [0.1, 0.15) is 5.82 Å². The smallest absolute Gasteiger partial charge is 0.254 e. The summed E-state index contributed by atoms with van der Waals surface area (Å²) in [4.78, 5) is 31.3. The molecule has 0 aliphatic heterocycles. The van der Waals surface area contributed by atoms with Gasteiger partial charge in [-0.2, -0.15) is 0 Å². The maximum Gasteiger partial charge on any atom is 0.254 e. The van der Waals surface area contributed by atoms with Crippen LogP contribution in [0.1, 0.15) is 34.4 Å². The third kappa shape index (κ3) is 3.92. The lowest BCUT2D eigenvalue weighted by Gasteiger charge is -2.07. The van der Waals surface area contributed by atoms with E-state index in [0.717, 1.165) is 5.57 Å². The van der Waals surface area contributed by atoms with Crippen molar-refractivity contribution in [3.05, 3.63) is 74.4 Å². The Bertz CT molecular complexity index is 776. The Morgan fingerprint density at radius 3 is 2.45 bits per heavy atom. The second-order valence-corrected chi connectivity index (χ2v) is 5.75. The molecule has 1 heterocycles. The third-order valence-electron chi connectivity index (χ3n) is 3.24. The number of allylic oxidation sites excluding steroid dienone is 1. The standard InChI is InChI=1S/C17H17ClN2O2/c1-10(2)8-14-11(3)19-16(20-17(14)22)9-15(21)12-4-6-13(18)7-5-12/h4-7H,1,8-9H2,2-3H3,(H,19,20,22). The number of aromatic nitrogens is 2. The van der Waals surface area contributed by atoms with Gasteiger partial charge in [0, 0.05) is 28.3 Å². The van der Waals surface area contributed by atoms with Gasteiger partial charge >= 0.3 is 0 Å². The van der Waals surface area contributed by atoms with E-state index in [9.17, 15) is 9.59 Å². The predicted molar refractivity (Wildman–Crippen MR) is 87.6 cm³/mol. The zero-order valence-electron chi connectivity index (χ0n) is 12.6. The summed E-state index contributed by atoms with van der Waals surface area (Å²) in [5.74, 6) is 0.250. The Morgan fingerprint density at radius 2 is 1.91 bits per heavy atom. The van der Waals surface area contributed by atoms with E-state index in [0.29, 0.717) is 34.1 Å². The fourth-order valence-corrected chi connectivity index (χ4v) is 2.28. The SMILES string of the molecule is C=C(C)Cc1c(C)nc(CC(=O)c2ccc(Cl)cc2)[nH]c1=O. The minimum atomic E-state index is -0.214. The van der Waals surface area contributed by atoms with Crippen LogP contribution in [-0.2, 0) is 12.8 Å².